The first-order valence-corrected chi connectivity index (χ1v) is 10.1. The molecule has 1 amide bonds. The Hall–Kier alpha value is -2.41. The minimum absolute atomic E-state index is 0.182. The number of thiophene rings is 1. The quantitative estimate of drug-likeness (QED) is 0.450. The first-order chi connectivity index (χ1) is 13.4. The van der Waals surface area contributed by atoms with E-state index in [0.29, 0.717) is 27.3 Å². The van der Waals surface area contributed by atoms with E-state index < -0.39 is 0 Å². The Balaban J connectivity index is 1.65. The fraction of sp³-hybridized carbons (Fsp3) is 0.150. The third-order valence-corrected chi connectivity index (χ3v) is 6.14. The van der Waals surface area contributed by atoms with E-state index in [1.165, 1.54) is 11.3 Å². The third-order valence-electron chi connectivity index (χ3n) is 4.41. The molecule has 0 fully saturated rings. The summed E-state index contributed by atoms with van der Waals surface area (Å²) in [7, 11) is 0. The summed E-state index contributed by atoms with van der Waals surface area (Å²) in [6.07, 6.45) is 1.66. The predicted molar refractivity (Wildman–Crippen MR) is 115 cm³/mol. The number of carbonyl (C=O) groups excluding carboxylic acids is 1. The summed E-state index contributed by atoms with van der Waals surface area (Å²) in [4.78, 5) is 18.5. The zero-order valence-electron chi connectivity index (χ0n) is 15.2. The van der Waals surface area contributed by atoms with Crippen molar-refractivity contribution in [3.05, 3.63) is 74.3 Å². The molecule has 3 heterocycles. The molecule has 142 valence electrons. The number of aryl methyl sites for hydroxylation is 2. The van der Waals surface area contributed by atoms with Crippen LogP contribution in [0.5, 0.6) is 0 Å². The number of rotatable bonds is 4. The highest BCUT2D eigenvalue weighted by atomic mass is 35.5. The van der Waals surface area contributed by atoms with Gasteiger partial charge in [0.05, 0.1) is 17.1 Å². The van der Waals surface area contributed by atoms with Crippen molar-refractivity contribution in [3.8, 4) is 0 Å². The Morgan fingerprint density at radius 1 is 1.21 bits per heavy atom. The van der Waals surface area contributed by atoms with Gasteiger partial charge in [-0.15, -0.1) is 11.3 Å². The number of carbonyl (C=O) groups is 1. The van der Waals surface area contributed by atoms with Crippen LogP contribution in [0.1, 0.15) is 26.5 Å². The van der Waals surface area contributed by atoms with Crippen molar-refractivity contribution in [2.24, 2.45) is 0 Å². The Morgan fingerprint density at radius 2 is 2.04 bits per heavy atom. The third kappa shape index (κ3) is 3.63. The Labute approximate surface area is 175 Å². The second-order valence-corrected chi connectivity index (χ2v) is 8.31. The van der Waals surface area contributed by atoms with Gasteiger partial charge >= 0.3 is 0 Å². The molecule has 0 saturated heterocycles. The summed E-state index contributed by atoms with van der Waals surface area (Å²) in [6.45, 7) is 4.34. The van der Waals surface area contributed by atoms with Gasteiger partial charge in [0.2, 0.25) is 0 Å². The number of nitrogens with zero attached hydrogens (tertiary/aromatic N) is 3. The Bertz CT molecular complexity index is 1200. The lowest BCUT2D eigenvalue weighted by atomic mass is 10.2. The Kier molecular flexibility index (Phi) is 5.10. The number of aromatic nitrogens is 3. The molecule has 5 nitrogen and oxygen atoms in total. The maximum Gasteiger partial charge on any atom is 0.266 e. The summed E-state index contributed by atoms with van der Waals surface area (Å²) in [6, 6.07) is 11.0. The highest BCUT2D eigenvalue weighted by Gasteiger charge is 2.18. The van der Waals surface area contributed by atoms with Crippen molar-refractivity contribution >= 4 is 56.5 Å². The van der Waals surface area contributed by atoms with E-state index in [4.69, 9.17) is 23.2 Å². The summed E-state index contributed by atoms with van der Waals surface area (Å²) < 4.78 is 1.87. The lowest BCUT2D eigenvalue weighted by Crippen LogP contribution is -2.12. The van der Waals surface area contributed by atoms with Gasteiger partial charge in [-0.1, -0.05) is 35.3 Å². The monoisotopic (exact) mass is 430 g/mol. The summed E-state index contributed by atoms with van der Waals surface area (Å²) >= 11 is 13.7. The second-order valence-electron chi connectivity index (χ2n) is 6.43. The molecule has 0 radical (unpaired) electrons. The lowest BCUT2D eigenvalue weighted by Gasteiger charge is -2.06. The smallest absolute Gasteiger partial charge is 0.266 e. The van der Waals surface area contributed by atoms with Crippen LogP contribution >= 0.6 is 34.5 Å². The molecule has 28 heavy (non-hydrogen) atoms. The minimum atomic E-state index is -0.182. The molecule has 0 bridgehead atoms. The lowest BCUT2D eigenvalue weighted by molar-refractivity contribution is 0.103. The first-order valence-electron chi connectivity index (χ1n) is 8.56. The summed E-state index contributed by atoms with van der Waals surface area (Å²) in [5.41, 5.74) is 2.69. The number of pyridine rings is 1. The molecule has 4 aromatic rings. The highest BCUT2D eigenvalue weighted by Crippen LogP contribution is 2.30. The van der Waals surface area contributed by atoms with Crippen LogP contribution in [0, 0.1) is 13.8 Å². The van der Waals surface area contributed by atoms with Crippen molar-refractivity contribution in [2.75, 3.05) is 5.32 Å². The van der Waals surface area contributed by atoms with Crippen LogP contribution in [0.15, 0.2) is 42.6 Å². The van der Waals surface area contributed by atoms with Crippen LogP contribution in [0.3, 0.4) is 0 Å². The fourth-order valence-electron chi connectivity index (χ4n) is 2.93. The highest BCUT2D eigenvalue weighted by molar-refractivity contribution is 7.20. The normalized spacial score (nSPS) is 11.1. The molecule has 0 aliphatic heterocycles. The van der Waals surface area contributed by atoms with Crippen LogP contribution < -0.4 is 5.32 Å². The van der Waals surface area contributed by atoms with Crippen molar-refractivity contribution in [2.45, 2.75) is 20.4 Å². The molecule has 3 aromatic heterocycles. The van der Waals surface area contributed by atoms with E-state index in [2.05, 4.69) is 15.4 Å². The van der Waals surface area contributed by atoms with Crippen LogP contribution in [-0.4, -0.2) is 20.7 Å². The largest absolute Gasteiger partial charge is 0.306 e. The van der Waals surface area contributed by atoms with Crippen molar-refractivity contribution in [1.29, 1.82) is 0 Å². The minimum Gasteiger partial charge on any atom is -0.306 e. The number of hydrogen-bond donors (Lipinski definition) is 1. The van der Waals surface area contributed by atoms with Crippen LogP contribution in [-0.2, 0) is 6.54 Å². The molecule has 0 atom stereocenters. The number of benzene rings is 1. The van der Waals surface area contributed by atoms with Gasteiger partial charge in [0, 0.05) is 21.6 Å². The molecule has 0 aliphatic carbocycles. The average molecular weight is 431 g/mol. The molecule has 0 saturated carbocycles. The van der Waals surface area contributed by atoms with E-state index >= 15 is 0 Å². The van der Waals surface area contributed by atoms with Crippen molar-refractivity contribution in [3.63, 3.8) is 0 Å². The number of amides is 1. The zero-order valence-corrected chi connectivity index (χ0v) is 17.5. The topological polar surface area (TPSA) is 59.8 Å². The van der Waals surface area contributed by atoms with Gasteiger partial charge in [-0.3, -0.25) is 9.48 Å². The number of anilines is 1. The van der Waals surface area contributed by atoms with Crippen molar-refractivity contribution < 1.29 is 4.79 Å². The number of nitrogens with one attached hydrogen (secondary N) is 1. The summed E-state index contributed by atoms with van der Waals surface area (Å²) in [5.74, 6) is 0.384. The molecule has 0 spiro atoms. The van der Waals surface area contributed by atoms with Gasteiger partial charge < -0.3 is 5.32 Å². The van der Waals surface area contributed by atoms with E-state index in [1.54, 1.807) is 18.3 Å². The summed E-state index contributed by atoms with van der Waals surface area (Å²) in [5, 5.41) is 9.62. The molecule has 4 rings (SSSR count). The van der Waals surface area contributed by atoms with Crippen LogP contribution in [0.25, 0.3) is 10.2 Å². The number of hydrogen-bond acceptors (Lipinski definition) is 4. The van der Waals surface area contributed by atoms with Crippen molar-refractivity contribution in [1.82, 2.24) is 14.8 Å². The predicted octanol–water partition coefficient (Wildman–Crippen LogP) is 5.72. The zero-order chi connectivity index (χ0) is 19.8. The maximum absolute atomic E-state index is 12.7. The number of halogens is 2. The van der Waals surface area contributed by atoms with Gasteiger partial charge in [-0.05, 0) is 49.2 Å². The molecule has 1 N–H and O–H groups in total. The SMILES string of the molecule is Cc1cccnc1NC(=O)c1cc2c(C)nn(Cc3ccc(Cl)cc3Cl)c2s1. The maximum atomic E-state index is 12.7. The van der Waals surface area contributed by atoms with E-state index in [9.17, 15) is 4.79 Å². The van der Waals surface area contributed by atoms with E-state index in [-0.39, 0.29) is 5.91 Å². The first kappa shape index (κ1) is 18.9. The molecular formula is C20H16Cl2N4OS. The van der Waals surface area contributed by atoms with E-state index in [1.807, 2.05) is 42.8 Å². The van der Waals surface area contributed by atoms with Gasteiger partial charge in [-0.25, -0.2) is 4.98 Å². The molecule has 0 unspecified atom stereocenters. The van der Waals surface area contributed by atoms with Gasteiger partial charge in [0.15, 0.2) is 0 Å². The fourth-order valence-corrected chi connectivity index (χ4v) is 4.45. The Morgan fingerprint density at radius 3 is 2.79 bits per heavy atom. The molecule has 1 aromatic carbocycles. The number of fused-ring (bicyclic) bond motifs is 1. The average Bonchev–Trinajstić information content (AvgIpc) is 3.21. The van der Waals surface area contributed by atoms with Crippen LogP contribution in [0.4, 0.5) is 5.82 Å². The second kappa shape index (κ2) is 7.54. The molecule has 0 aliphatic rings. The molecular weight excluding hydrogens is 415 g/mol. The van der Waals surface area contributed by atoms with E-state index in [0.717, 1.165) is 27.0 Å². The van der Waals surface area contributed by atoms with Gasteiger partial charge in [0.1, 0.15) is 10.6 Å². The van der Waals surface area contributed by atoms with Gasteiger partial charge in [0.25, 0.3) is 5.91 Å². The standard InChI is InChI=1S/C20H16Cl2N4OS/c1-11-4-3-7-23-18(11)24-19(27)17-9-15-12(2)25-26(20(15)28-17)10-13-5-6-14(21)8-16(13)22/h3-9H,10H2,1-2H3,(H,23,24,27). The molecule has 8 heteroatoms. The van der Waals surface area contributed by atoms with Crippen LogP contribution in [0.2, 0.25) is 10.0 Å². The van der Waals surface area contributed by atoms with Gasteiger partial charge in [-0.2, -0.15) is 5.10 Å².